The molecule has 0 spiro atoms. The monoisotopic (exact) mass is 531 g/mol. The van der Waals surface area contributed by atoms with Gasteiger partial charge in [0.15, 0.2) is 12.6 Å². The van der Waals surface area contributed by atoms with E-state index in [2.05, 4.69) is 5.32 Å². The number of benzene rings is 1. The number of halogens is 2. The van der Waals surface area contributed by atoms with Crippen molar-refractivity contribution >= 4 is 28.7 Å². The lowest BCUT2D eigenvalue weighted by atomic mass is 10.1. The third-order valence-corrected chi connectivity index (χ3v) is 7.01. The van der Waals surface area contributed by atoms with Crippen LogP contribution in [0.15, 0.2) is 28.2 Å². The SMILES string of the molecule is COCOC(=O)c1cn(C2CC2)c2c(F)c(N3CC4=C(C3)C(NC(=O)OC(C)(C)C)CC4)c(F)cc2c1=O. The van der Waals surface area contributed by atoms with Crippen LogP contribution >= 0.6 is 0 Å². The molecule has 1 N–H and O–H groups in total. The summed E-state index contributed by atoms with van der Waals surface area (Å²) < 4.78 is 48.2. The zero-order valence-electron chi connectivity index (χ0n) is 21.9. The number of aromatic nitrogens is 1. The number of ether oxygens (including phenoxy) is 3. The van der Waals surface area contributed by atoms with Crippen LogP contribution in [0, 0.1) is 11.6 Å². The van der Waals surface area contributed by atoms with Gasteiger partial charge in [0.05, 0.1) is 16.9 Å². The Morgan fingerprint density at radius 1 is 1.16 bits per heavy atom. The Kier molecular flexibility index (Phi) is 6.66. The highest BCUT2D eigenvalue weighted by molar-refractivity contribution is 5.95. The van der Waals surface area contributed by atoms with Gasteiger partial charge in [-0.05, 0) is 63.7 Å². The summed E-state index contributed by atoms with van der Waals surface area (Å²) in [6.45, 7) is 5.54. The van der Waals surface area contributed by atoms with Gasteiger partial charge in [-0.15, -0.1) is 0 Å². The molecule has 0 bridgehead atoms. The van der Waals surface area contributed by atoms with Crippen molar-refractivity contribution in [3.8, 4) is 0 Å². The maximum atomic E-state index is 16.1. The summed E-state index contributed by atoms with van der Waals surface area (Å²) in [4.78, 5) is 39.5. The molecule has 1 unspecified atom stereocenters. The molecule has 0 radical (unpaired) electrons. The number of hydrogen-bond donors (Lipinski definition) is 1. The highest BCUT2D eigenvalue weighted by Crippen LogP contribution is 2.42. The van der Waals surface area contributed by atoms with Crippen LogP contribution < -0.4 is 15.6 Å². The first-order valence-corrected chi connectivity index (χ1v) is 12.7. The maximum Gasteiger partial charge on any atom is 0.408 e. The number of amides is 1. The Balaban J connectivity index is 1.47. The average molecular weight is 532 g/mol. The molecule has 11 heteroatoms. The van der Waals surface area contributed by atoms with Crippen LogP contribution in [-0.4, -0.2) is 55.3 Å². The van der Waals surface area contributed by atoms with Gasteiger partial charge in [0.1, 0.15) is 22.7 Å². The van der Waals surface area contributed by atoms with Crippen LogP contribution in [0.4, 0.5) is 19.3 Å². The predicted octanol–water partition coefficient (Wildman–Crippen LogP) is 4.18. The number of carbonyl (C=O) groups is 2. The van der Waals surface area contributed by atoms with Gasteiger partial charge in [-0.1, -0.05) is 0 Å². The number of pyridine rings is 1. The fourth-order valence-corrected chi connectivity index (χ4v) is 5.26. The number of alkyl carbamates (subject to hydrolysis) is 1. The number of fused-ring (bicyclic) bond motifs is 1. The summed E-state index contributed by atoms with van der Waals surface area (Å²) in [6.07, 6.45) is 3.65. The molecule has 1 fully saturated rings. The lowest BCUT2D eigenvalue weighted by Crippen LogP contribution is -2.40. The minimum absolute atomic E-state index is 0.0346. The summed E-state index contributed by atoms with van der Waals surface area (Å²) in [7, 11) is 1.33. The molecule has 1 atom stereocenters. The molecular formula is C27H31F2N3O6. The van der Waals surface area contributed by atoms with Crippen molar-refractivity contribution in [1.29, 1.82) is 0 Å². The first-order chi connectivity index (χ1) is 18.0. The second-order valence-corrected chi connectivity index (χ2v) is 11.0. The van der Waals surface area contributed by atoms with Crippen LogP contribution in [-0.2, 0) is 14.2 Å². The zero-order chi connectivity index (χ0) is 27.4. The van der Waals surface area contributed by atoms with Gasteiger partial charge >= 0.3 is 12.1 Å². The van der Waals surface area contributed by atoms with E-state index in [1.807, 2.05) is 0 Å². The molecule has 9 nitrogen and oxygen atoms in total. The van der Waals surface area contributed by atoms with E-state index in [4.69, 9.17) is 14.2 Å². The molecule has 3 aliphatic rings. The van der Waals surface area contributed by atoms with E-state index in [1.165, 1.54) is 13.3 Å². The van der Waals surface area contributed by atoms with Crippen LogP contribution in [0.5, 0.6) is 0 Å². The van der Waals surface area contributed by atoms with Gasteiger partial charge in [0.2, 0.25) is 5.43 Å². The number of methoxy groups -OCH3 is 1. The van der Waals surface area contributed by atoms with Crippen molar-refractivity contribution in [1.82, 2.24) is 9.88 Å². The molecule has 0 saturated heterocycles. The highest BCUT2D eigenvalue weighted by Gasteiger charge is 2.37. The quantitative estimate of drug-likeness (QED) is 0.339. The van der Waals surface area contributed by atoms with E-state index >= 15 is 8.78 Å². The lowest BCUT2D eigenvalue weighted by molar-refractivity contribution is -0.0126. The molecule has 1 aromatic carbocycles. The van der Waals surface area contributed by atoms with Gasteiger partial charge in [-0.25, -0.2) is 18.4 Å². The van der Waals surface area contributed by atoms with Crippen molar-refractivity contribution in [3.05, 3.63) is 50.8 Å². The van der Waals surface area contributed by atoms with E-state index in [1.54, 1.807) is 30.2 Å². The van der Waals surface area contributed by atoms with Gasteiger partial charge in [0, 0.05) is 32.4 Å². The summed E-state index contributed by atoms with van der Waals surface area (Å²) in [6, 6.07) is 0.618. The van der Waals surface area contributed by atoms with Crippen molar-refractivity contribution in [2.45, 2.75) is 64.1 Å². The number of anilines is 1. The summed E-state index contributed by atoms with van der Waals surface area (Å²) >= 11 is 0. The van der Waals surface area contributed by atoms with Crippen LogP contribution in [0.25, 0.3) is 10.9 Å². The summed E-state index contributed by atoms with van der Waals surface area (Å²) in [5.74, 6) is -2.66. The molecule has 38 heavy (non-hydrogen) atoms. The Morgan fingerprint density at radius 2 is 1.89 bits per heavy atom. The topological polar surface area (TPSA) is 99.1 Å². The maximum absolute atomic E-state index is 16.1. The number of nitrogens with one attached hydrogen (secondary N) is 1. The fourth-order valence-electron chi connectivity index (χ4n) is 5.26. The van der Waals surface area contributed by atoms with E-state index in [0.717, 1.165) is 30.1 Å². The second kappa shape index (κ2) is 9.68. The molecular weight excluding hydrogens is 500 g/mol. The molecule has 204 valence electrons. The zero-order valence-corrected chi connectivity index (χ0v) is 21.9. The van der Waals surface area contributed by atoms with Gasteiger partial charge in [0.25, 0.3) is 0 Å². The van der Waals surface area contributed by atoms with Crippen LogP contribution in [0.1, 0.15) is 62.9 Å². The van der Waals surface area contributed by atoms with Crippen molar-refractivity contribution in [2.24, 2.45) is 0 Å². The van der Waals surface area contributed by atoms with E-state index in [0.29, 0.717) is 19.4 Å². The minimum Gasteiger partial charge on any atom is -0.444 e. The Bertz CT molecular complexity index is 1410. The third kappa shape index (κ3) is 4.87. The smallest absolute Gasteiger partial charge is 0.408 e. The Labute approximate surface area is 218 Å². The average Bonchev–Trinajstić information content (AvgIpc) is 3.49. The summed E-state index contributed by atoms with van der Waals surface area (Å²) in [5, 5.41) is 2.66. The first-order valence-electron chi connectivity index (χ1n) is 12.7. The molecule has 1 saturated carbocycles. The van der Waals surface area contributed by atoms with E-state index in [9.17, 15) is 14.4 Å². The highest BCUT2D eigenvalue weighted by atomic mass is 19.1. The number of rotatable bonds is 6. The molecule has 5 rings (SSSR count). The van der Waals surface area contributed by atoms with Crippen molar-refractivity contribution < 1.29 is 32.6 Å². The van der Waals surface area contributed by atoms with Crippen molar-refractivity contribution in [2.75, 3.05) is 31.9 Å². The Morgan fingerprint density at radius 3 is 2.55 bits per heavy atom. The molecule has 2 heterocycles. The Hall–Kier alpha value is -3.47. The van der Waals surface area contributed by atoms with Gasteiger partial charge in [-0.3, -0.25) is 4.79 Å². The number of carbonyl (C=O) groups excluding carboxylic acids is 2. The third-order valence-electron chi connectivity index (χ3n) is 7.01. The number of hydrogen-bond acceptors (Lipinski definition) is 7. The first kappa shape index (κ1) is 26.1. The van der Waals surface area contributed by atoms with Gasteiger partial charge < -0.3 is 29.0 Å². The molecule has 2 aliphatic carbocycles. The van der Waals surface area contributed by atoms with Crippen LogP contribution in [0.3, 0.4) is 0 Å². The largest absolute Gasteiger partial charge is 0.444 e. The summed E-state index contributed by atoms with van der Waals surface area (Å²) in [5.41, 5.74) is -0.0567. The predicted molar refractivity (Wildman–Crippen MR) is 135 cm³/mol. The van der Waals surface area contributed by atoms with E-state index in [-0.39, 0.29) is 47.6 Å². The van der Waals surface area contributed by atoms with E-state index < -0.39 is 34.7 Å². The normalized spacial score (nSPS) is 19.2. The van der Waals surface area contributed by atoms with Crippen LogP contribution in [0.2, 0.25) is 0 Å². The second-order valence-electron chi connectivity index (χ2n) is 11.0. The number of esters is 1. The number of nitrogens with zero attached hydrogens (tertiary/aromatic N) is 2. The standard InChI is InChI=1S/C27H31F2N3O6/c1-27(2,3)38-26(35)30-20-8-5-14-10-31(11-17(14)20)23-19(28)9-16-22(21(23)29)32(15-6-7-15)12-18(24(16)33)25(34)37-13-36-4/h9,12,15,20H,5-8,10-11,13H2,1-4H3,(H,30,35). The molecule has 1 aliphatic heterocycles. The molecule has 2 aromatic rings. The molecule has 1 amide bonds. The van der Waals surface area contributed by atoms with Crippen molar-refractivity contribution in [3.63, 3.8) is 0 Å². The lowest BCUT2D eigenvalue weighted by Gasteiger charge is -2.26. The fraction of sp³-hybridized carbons (Fsp3) is 0.519. The van der Waals surface area contributed by atoms with Gasteiger partial charge in [-0.2, -0.15) is 0 Å². The molecule has 1 aromatic heterocycles. The minimum atomic E-state index is -0.915.